The minimum atomic E-state index is 0.915. The Morgan fingerprint density at radius 2 is 1.55 bits per heavy atom. The Bertz CT molecular complexity index is 879. The summed E-state index contributed by atoms with van der Waals surface area (Å²) in [6, 6.07) is 20.3. The first kappa shape index (κ1) is 13.0. The van der Waals surface area contributed by atoms with Gasteiger partial charge in [0.15, 0.2) is 0 Å². The van der Waals surface area contributed by atoms with Crippen LogP contribution in [0.2, 0.25) is 0 Å². The Morgan fingerprint density at radius 3 is 2.27 bits per heavy atom. The van der Waals surface area contributed by atoms with Gasteiger partial charge in [0.25, 0.3) is 0 Å². The number of aromatic nitrogens is 3. The highest BCUT2D eigenvalue weighted by Gasteiger charge is 2.14. The molecule has 0 aliphatic heterocycles. The second-order valence-electron chi connectivity index (χ2n) is 4.86. The van der Waals surface area contributed by atoms with E-state index in [4.69, 9.17) is 4.98 Å². The molecule has 2 aromatic carbocycles. The maximum atomic E-state index is 4.74. The number of nitrogens with zero attached hydrogens (tertiary/aromatic N) is 2. The van der Waals surface area contributed by atoms with E-state index < -0.39 is 0 Å². The minimum Gasteiger partial charge on any atom is -0.274 e. The van der Waals surface area contributed by atoms with E-state index in [1.165, 1.54) is 0 Å². The van der Waals surface area contributed by atoms with Crippen LogP contribution in [-0.2, 0) is 0 Å². The molecule has 0 aliphatic carbocycles. The number of aromatic amines is 1. The average molecular weight is 302 g/mol. The van der Waals surface area contributed by atoms with Gasteiger partial charge < -0.3 is 0 Å². The monoisotopic (exact) mass is 302 g/mol. The molecule has 0 aliphatic rings. The highest BCUT2D eigenvalue weighted by atomic mass is 32.1. The molecule has 0 saturated carbocycles. The quantitative estimate of drug-likeness (QED) is 0.597. The maximum absolute atomic E-state index is 4.74. The third-order valence-electron chi connectivity index (χ3n) is 3.44. The van der Waals surface area contributed by atoms with E-state index in [0.717, 1.165) is 33.1 Å². The molecule has 0 fully saturated rings. The summed E-state index contributed by atoms with van der Waals surface area (Å²) >= 11 is 1.61. The van der Waals surface area contributed by atoms with Crippen LogP contribution in [0.5, 0.6) is 0 Å². The van der Waals surface area contributed by atoms with Crippen LogP contribution in [0.4, 0.5) is 0 Å². The van der Waals surface area contributed by atoms with Crippen molar-refractivity contribution in [2.24, 2.45) is 0 Å². The van der Waals surface area contributed by atoms with Crippen molar-refractivity contribution in [3.8, 4) is 33.1 Å². The predicted molar refractivity (Wildman–Crippen MR) is 89.4 cm³/mol. The predicted octanol–water partition coefficient (Wildman–Crippen LogP) is 4.67. The summed E-state index contributed by atoms with van der Waals surface area (Å²) in [6.07, 6.45) is 3.03. The van der Waals surface area contributed by atoms with Gasteiger partial charge in [-0.2, -0.15) is 5.10 Å². The molecule has 2 heterocycles. The summed E-state index contributed by atoms with van der Waals surface area (Å²) in [4.78, 5) is 4.74. The lowest BCUT2D eigenvalue weighted by Gasteiger charge is -2.00. The fourth-order valence-corrected chi connectivity index (χ4v) is 3.18. The molecule has 0 unspecified atom stereocenters. The molecule has 0 atom stereocenters. The van der Waals surface area contributed by atoms with Crippen molar-refractivity contribution in [1.29, 1.82) is 0 Å². The van der Waals surface area contributed by atoms with Crippen LogP contribution in [-0.4, -0.2) is 15.2 Å². The van der Waals surface area contributed by atoms with Crippen LogP contribution < -0.4 is 0 Å². The molecule has 4 rings (SSSR count). The average Bonchev–Trinajstić information content (AvgIpc) is 3.25. The highest BCUT2D eigenvalue weighted by Crippen LogP contribution is 2.33. The van der Waals surface area contributed by atoms with Gasteiger partial charge in [-0.05, 0) is 5.56 Å². The Morgan fingerprint density at radius 1 is 0.864 bits per heavy atom. The number of benzene rings is 2. The number of hydrogen-bond donors (Lipinski definition) is 1. The second-order valence-corrected chi connectivity index (χ2v) is 5.71. The van der Waals surface area contributed by atoms with E-state index in [9.17, 15) is 0 Å². The lowest BCUT2D eigenvalue weighted by Crippen LogP contribution is -1.83. The largest absolute Gasteiger partial charge is 0.274 e. The van der Waals surface area contributed by atoms with Crippen LogP contribution in [0.3, 0.4) is 0 Å². The van der Waals surface area contributed by atoms with Crippen LogP contribution in [0.25, 0.3) is 33.1 Å². The van der Waals surface area contributed by atoms with Crippen molar-refractivity contribution in [2.45, 2.75) is 0 Å². The molecule has 0 bridgehead atoms. The van der Waals surface area contributed by atoms with Crippen LogP contribution in [0.15, 0.2) is 66.0 Å². The number of thiazole rings is 1. The smallest absolute Gasteiger partial charge is 0.142 e. The van der Waals surface area contributed by atoms with Crippen LogP contribution >= 0.6 is 11.3 Å². The van der Waals surface area contributed by atoms with Crippen molar-refractivity contribution in [1.82, 2.24) is 15.2 Å². The molecule has 0 amide bonds. The number of nitrogens with one attached hydrogen (secondary N) is 1. The molecule has 4 heteroatoms. The summed E-state index contributed by atoms with van der Waals surface area (Å²) < 4.78 is 0. The molecule has 105 valence electrons. The van der Waals surface area contributed by atoms with Crippen molar-refractivity contribution < 1.29 is 0 Å². The fraction of sp³-hybridized carbons (Fsp3) is 0. The topological polar surface area (TPSA) is 41.6 Å². The molecule has 22 heavy (non-hydrogen) atoms. The van der Waals surface area contributed by atoms with Crippen molar-refractivity contribution in [3.05, 3.63) is 72.2 Å². The SMILES string of the molecule is [c]1n[nH]c(-c2nc(-c3ccccc3)cs2)c1-c1ccccc1. The number of H-pyrrole nitrogens is 1. The van der Waals surface area contributed by atoms with E-state index in [-0.39, 0.29) is 0 Å². The lowest BCUT2D eigenvalue weighted by atomic mass is 10.1. The molecular weight excluding hydrogens is 290 g/mol. The second kappa shape index (κ2) is 5.58. The summed E-state index contributed by atoms with van der Waals surface area (Å²) in [5, 5.41) is 10.1. The first-order chi connectivity index (χ1) is 10.9. The fourth-order valence-electron chi connectivity index (χ4n) is 2.35. The molecule has 2 aromatic heterocycles. The molecule has 0 spiro atoms. The van der Waals surface area contributed by atoms with Gasteiger partial charge in [-0.3, -0.25) is 5.10 Å². The van der Waals surface area contributed by atoms with Crippen molar-refractivity contribution in [3.63, 3.8) is 0 Å². The van der Waals surface area contributed by atoms with Gasteiger partial charge in [-0.25, -0.2) is 4.98 Å². The first-order valence-corrected chi connectivity index (χ1v) is 7.82. The Kier molecular flexibility index (Phi) is 3.29. The Hall–Kier alpha value is -2.72. The maximum Gasteiger partial charge on any atom is 0.142 e. The summed E-state index contributed by atoms with van der Waals surface area (Å²) in [7, 11) is 0. The third-order valence-corrected chi connectivity index (χ3v) is 4.30. The van der Waals surface area contributed by atoms with Gasteiger partial charge in [-0.15, -0.1) is 11.3 Å². The summed E-state index contributed by atoms with van der Waals surface area (Å²) in [5.41, 5.74) is 5.06. The van der Waals surface area contributed by atoms with E-state index in [2.05, 4.69) is 46.0 Å². The zero-order chi connectivity index (χ0) is 14.8. The van der Waals surface area contributed by atoms with Crippen molar-refractivity contribution >= 4 is 11.3 Å². The summed E-state index contributed by atoms with van der Waals surface area (Å²) in [6.45, 7) is 0. The molecule has 0 saturated heterocycles. The van der Waals surface area contributed by atoms with Crippen LogP contribution in [0, 0.1) is 6.20 Å². The standard InChI is InChI=1S/C18H12N3S/c1-3-7-13(8-4-1)15-11-19-21-17(15)18-20-16(12-22-18)14-9-5-2-6-10-14/h1-10,12H,(H,19,21). The molecule has 1 radical (unpaired) electrons. The van der Waals surface area contributed by atoms with E-state index in [1.807, 2.05) is 36.4 Å². The molecular formula is C18H12N3S. The van der Waals surface area contributed by atoms with Gasteiger partial charge in [0.05, 0.1) is 5.69 Å². The Labute approximate surface area is 132 Å². The van der Waals surface area contributed by atoms with Gasteiger partial charge in [0.1, 0.15) is 16.9 Å². The van der Waals surface area contributed by atoms with Crippen molar-refractivity contribution in [2.75, 3.05) is 0 Å². The molecule has 3 nitrogen and oxygen atoms in total. The number of rotatable bonds is 3. The van der Waals surface area contributed by atoms with Gasteiger partial charge >= 0.3 is 0 Å². The lowest BCUT2D eigenvalue weighted by molar-refractivity contribution is 1.09. The highest BCUT2D eigenvalue weighted by molar-refractivity contribution is 7.13. The minimum absolute atomic E-state index is 0.915. The summed E-state index contributed by atoms with van der Waals surface area (Å²) in [5.74, 6) is 0. The van der Waals surface area contributed by atoms with Gasteiger partial charge in [0, 0.05) is 16.5 Å². The molecule has 1 N–H and O–H groups in total. The number of hydrogen-bond acceptors (Lipinski definition) is 3. The zero-order valence-electron chi connectivity index (χ0n) is 11.7. The van der Waals surface area contributed by atoms with Gasteiger partial charge in [-0.1, -0.05) is 60.7 Å². The van der Waals surface area contributed by atoms with E-state index >= 15 is 0 Å². The molecule has 4 aromatic rings. The third kappa shape index (κ3) is 2.34. The zero-order valence-corrected chi connectivity index (χ0v) is 12.5. The van der Waals surface area contributed by atoms with Gasteiger partial charge in [0.2, 0.25) is 0 Å². The van der Waals surface area contributed by atoms with E-state index in [0.29, 0.717) is 0 Å². The van der Waals surface area contributed by atoms with Crippen LogP contribution in [0.1, 0.15) is 0 Å². The van der Waals surface area contributed by atoms with E-state index in [1.54, 1.807) is 11.3 Å². The Balaban J connectivity index is 1.76. The first-order valence-electron chi connectivity index (χ1n) is 6.94. The normalized spacial score (nSPS) is 10.7.